The Balaban J connectivity index is 1.84. The third kappa shape index (κ3) is 9.74. The summed E-state index contributed by atoms with van der Waals surface area (Å²) in [6.45, 7) is 2.24. The molecule has 0 aliphatic heterocycles. The molecule has 0 aliphatic rings. The molecule has 0 amide bonds. The molecule has 0 saturated carbocycles. The molecule has 0 aromatic heterocycles. The van der Waals surface area contributed by atoms with Gasteiger partial charge in [0.25, 0.3) is 10.1 Å². The van der Waals surface area contributed by atoms with E-state index in [9.17, 15) is 18.1 Å². The average Bonchev–Trinajstić information content (AvgIpc) is 2.72. The molecule has 2 aromatic carbocycles. The second kappa shape index (κ2) is 13.4. The summed E-state index contributed by atoms with van der Waals surface area (Å²) < 4.78 is 38.3. The Morgan fingerprint density at radius 1 is 0.806 bits per heavy atom. The lowest BCUT2D eigenvalue weighted by Crippen LogP contribution is -2.00. The van der Waals surface area contributed by atoms with Gasteiger partial charge in [0.05, 0.1) is 4.90 Å². The molecule has 6 heteroatoms. The fourth-order valence-electron chi connectivity index (χ4n) is 3.65. The van der Waals surface area contributed by atoms with Crippen molar-refractivity contribution in [2.45, 2.75) is 88.9 Å². The second-order valence-electron chi connectivity index (χ2n) is 8.13. The number of aryl methyl sites for hydroxylation is 1. The van der Waals surface area contributed by atoms with Gasteiger partial charge in [0, 0.05) is 12.1 Å². The van der Waals surface area contributed by atoms with E-state index in [2.05, 4.69) is 6.92 Å². The highest BCUT2D eigenvalue weighted by atomic mass is 32.2. The Hall–Kier alpha value is -2.05. The predicted octanol–water partition coefficient (Wildman–Crippen LogP) is 7.28. The lowest BCUT2D eigenvalue weighted by atomic mass is 10.0. The third-order valence-corrected chi connectivity index (χ3v) is 6.28. The lowest BCUT2D eigenvalue weighted by molar-refractivity contribution is 0.449. The average molecular weight is 449 g/mol. The molecule has 0 saturated heterocycles. The largest absolute Gasteiger partial charge is 0.508 e. The van der Waals surface area contributed by atoms with Crippen LogP contribution >= 0.6 is 0 Å². The van der Waals surface area contributed by atoms with Crippen molar-refractivity contribution in [3.63, 3.8) is 0 Å². The van der Waals surface area contributed by atoms with E-state index in [0.717, 1.165) is 24.8 Å². The summed E-state index contributed by atoms with van der Waals surface area (Å²) in [5.74, 6) is 0.857. The van der Waals surface area contributed by atoms with Crippen LogP contribution in [0.1, 0.15) is 83.1 Å². The number of ether oxygens (including phenoxy) is 1. The molecule has 0 spiro atoms. The Morgan fingerprint density at radius 3 is 2.00 bits per heavy atom. The van der Waals surface area contributed by atoms with Crippen molar-refractivity contribution in [1.29, 1.82) is 0 Å². The van der Waals surface area contributed by atoms with Crippen molar-refractivity contribution in [3.05, 3.63) is 48.0 Å². The van der Waals surface area contributed by atoms with Gasteiger partial charge in [-0.3, -0.25) is 4.55 Å². The summed E-state index contributed by atoms with van der Waals surface area (Å²) >= 11 is 0. The molecule has 0 atom stereocenters. The van der Waals surface area contributed by atoms with Crippen LogP contribution in [0.3, 0.4) is 0 Å². The minimum atomic E-state index is -4.32. The Kier molecular flexibility index (Phi) is 10.9. The summed E-state index contributed by atoms with van der Waals surface area (Å²) in [5, 5.41) is 9.64. The van der Waals surface area contributed by atoms with E-state index in [1.54, 1.807) is 18.2 Å². The van der Waals surface area contributed by atoms with Crippen LogP contribution < -0.4 is 4.74 Å². The fourth-order valence-corrected chi connectivity index (χ4v) is 4.15. The van der Waals surface area contributed by atoms with Crippen LogP contribution in [0.4, 0.5) is 0 Å². The number of hydrogen-bond acceptors (Lipinski definition) is 4. The van der Waals surface area contributed by atoms with E-state index < -0.39 is 10.1 Å². The van der Waals surface area contributed by atoms with Crippen molar-refractivity contribution in [3.8, 4) is 17.2 Å². The summed E-state index contributed by atoms with van der Waals surface area (Å²) in [6, 6.07) is 10.8. The van der Waals surface area contributed by atoms with Crippen molar-refractivity contribution in [2.75, 3.05) is 0 Å². The number of aromatic hydroxyl groups is 1. The van der Waals surface area contributed by atoms with Gasteiger partial charge < -0.3 is 9.84 Å². The van der Waals surface area contributed by atoms with E-state index >= 15 is 0 Å². The van der Waals surface area contributed by atoms with Gasteiger partial charge in [0.2, 0.25) is 0 Å². The molecule has 0 unspecified atom stereocenters. The Labute approximate surface area is 187 Å². The number of hydrogen-bond donors (Lipinski definition) is 2. The minimum absolute atomic E-state index is 0.0651. The van der Waals surface area contributed by atoms with E-state index in [0.29, 0.717) is 11.5 Å². The molecule has 31 heavy (non-hydrogen) atoms. The van der Waals surface area contributed by atoms with Crippen molar-refractivity contribution < 1.29 is 22.8 Å². The molecule has 0 heterocycles. The first-order valence-electron chi connectivity index (χ1n) is 11.5. The lowest BCUT2D eigenvalue weighted by Gasteiger charge is -2.13. The predicted molar refractivity (Wildman–Crippen MR) is 125 cm³/mol. The molecule has 2 N–H and O–H groups in total. The first kappa shape index (κ1) is 25.2. The van der Waals surface area contributed by atoms with E-state index in [1.807, 2.05) is 0 Å². The van der Waals surface area contributed by atoms with Gasteiger partial charge >= 0.3 is 0 Å². The first-order chi connectivity index (χ1) is 14.9. The summed E-state index contributed by atoms with van der Waals surface area (Å²) in [5.41, 5.74) is 0.881. The molecule has 0 bridgehead atoms. The summed E-state index contributed by atoms with van der Waals surface area (Å²) in [4.78, 5) is -0.203. The molecule has 0 fully saturated rings. The summed E-state index contributed by atoms with van der Waals surface area (Å²) in [7, 11) is -4.32. The van der Waals surface area contributed by atoms with E-state index in [1.165, 1.54) is 82.1 Å². The highest BCUT2D eigenvalue weighted by Gasteiger charge is 2.14. The minimum Gasteiger partial charge on any atom is -0.508 e. The number of phenols is 1. The van der Waals surface area contributed by atoms with Crippen LogP contribution in [0.5, 0.6) is 17.2 Å². The number of phenolic OH excluding ortho intramolecular Hbond substituents is 1. The van der Waals surface area contributed by atoms with Crippen molar-refractivity contribution >= 4 is 10.1 Å². The normalized spacial score (nSPS) is 11.5. The van der Waals surface area contributed by atoms with Gasteiger partial charge in [-0.2, -0.15) is 8.42 Å². The molecule has 172 valence electrons. The van der Waals surface area contributed by atoms with Crippen LogP contribution in [0.15, 0.2) is 47.4 Å². The van der Waals surface area contributed by atoms with Gasteiger partial charge in [-0.25, -0.2) is 0 Å². The standard InChI is InChI=1S/C25H36O5S/c1-2-3-4-5-6-7-8-9-10-11-12-14-21-17-18-24(31(27,28)29)20-25(21)30-23-16-13-15-22(26)19-23/h13,15-20,26H,2-12,14H2,1H3,(H,27,28,29). The van der Waals surface area contributed by atoms with Crippen LogP contribution in [-0.2, 0) is 16.5 Å². The maximum Gasteiger partial charge on any atom is 0.294 e. The monoisotopic (exact) mass is 448 g/mol. The zero-order valence-corrected chi connectivity index (χ0v) is 19.4. The SMILES string of the molecule is CCCCCCCCCCCCCc1ccc(S(=O)(=O)O)cc1Oc1cccc(O)c1. The molecular formula is C25H36O5S. The molecule has 0 radical (unpaired) electrons. The molecule has 2 aromatic rings. The second-order valence-corrected chi connectivity index (χ2v) is 9.55. The van der Waals surface area contributed by atoms with Crippen LogP contribution in [0.2, 0.25) is 0 Å². The Bertz CT molecular complexity index is 893. The molecular weight excluding hydrogens is 412 g/mol. The van der Waals surface area contributed by atoms with Crippen molar-refractivity contribution in [2.24, 2.45) is 0 Å². The summed E-state index contributed by atoms with van der Waals surface area (Å²) in [6.07, 6.45) is 14.6. The molecule has 5 nitrogen and oxygen atoms in total. The third-order valence-electron chi connectivity index (χ3n) is 5.43. The van der Waals surface area contributed by atoms with E-state index in [-0.39, 0.29) is 10.6 Å². The van der Waals surface area contributed by atoms with E-state index in [4.69, 9.17) is 4.74 Å². The van der Waals surface area contributed by atoms with Gasteiger partial charge in [0.1, 0.15) is 17.2 Å². The highest BCUT2D eigenvalue weighted by molar-refractivity contribution is 7.85. The maximum atomic E-state index is 11.5. The highest BCUT2D eigenvalue weighted by Crippen LogP contribution is 2.31. The smallest absolute Gasteiger partial charge is 0.294 e. The fraction of sp³-hybridized carbons (Fsp3) is 0.520. The van der Waals surface area contributed by atoms with Gasteiger partial charge in [-0.15, -0.1) is 0 Å². The zero-order chi connectivity index (χ0) is 22.5. The molecule has 2 rings (SSSR count). The maximum absolute atomic E-state index is 11.5. The van der Waals surface area contributed by atoms with Crippen LogP contribution in [0, 0.1) is 0 Å². The van der Waals surface area contributed by atoms with Crippen molar-refractivity contribution in [1.82, 2.24) is 0 Å². The van der Waals surface area contributed by atoms with Gasteiger partial charge in [0.15, 0.2) is 0 Å². The zero-order valence-electron chi connectivity index (χ0n) is 18.6. The molecule has 0 aliphatic carbocycles. The number of unbranched alkanes of at least 4 members (excludes halogenated alkanes) is 10. The Morgan fingerprint density at radius 2 is 1.42 bits per heavy atom. The number of rotatable bonds is 15. The topological polar surface area (TPSA) is 83.8 Å². The first-order valence-corrected chi connectivity index (χ1v) is 12.9. The van der Waals surface area contributed by atoms with Gasteiger partial charge in [-0.05, 0) is 36.6 Å². The quantitative estimate of drug-likeness (QED) is 0.221. The number of benzene rings is 2. The van der Waals surface area contributed by atoms with Crippen LogP contribution in [-0.4, -0.2) is 18.1 Å². The van der Waals surface area contributed by atoms with Crippen LogP contribution in [0.25, 0.3) is 0 Å². The van der Waals surface area contributed by atoms with Gasteiger partial charge in [-0.1, -0.05) is 83.3 Å².